The van der Waals surface area contributed by atoms with Crippen LogP contribution in [0, 0.1) is 5.92 Å². The topological polar surface area (TPSA) is 41.1 Å². The number of carbonyl (C=O) groups excluding carboxylic acids is 1. The maximum Gasteiger partial charge on any atom is 0.237 e. The molecule has 100 valence electrons. The van der Waals surface area contributed by atoms with Crippen LogP contribution in [0.3, 0.4) is 0 Å². The maximum atomic E-state index is 11.8. The molecule has 0 aromatic rings. The molecule has 2 unspecified atom stereocenters. The Morgan fingerprint density at radius 1 is 1.24 bits per heavy atom. The third-order valence-electron chi connectivity index (χ3n) is 3.83. The first-order valence-corrected chi connectivity index (χ1v) is 7.17. The standard InChI is InChI=1S/C14H28N2O/c1-4-11(2)16-14(17)12(3)15-10-13-8-6-5-7-9-13/h11-13,15H,4-10H2,1-3H3,(H,16,17). The van der Waals surface area contributed by atoms with Crippen LogP contribution < -0.4 is 10.6 Å². The van der Waals surface area contributed by atoms with Gasteiger partial charge >= 0.3 is 0 Å². The third-order valence-corrected chi connectivity index (χ3v) is 3.83. The highest BCUT2D eigenvalue weighted by molar-refractivity contribution is 5.81. The van der Waals surface area contributed by atoms with Crippen LogP contribution in [-0.2, 0) is 4.79 Å². The van der Waals surface area contributed by atoms with E-state index in [-0.39, 0.29) is 18.0 Å². The van der Waals surface area contributed by atoms with Gasteiger partial charge in [0, 0.05) is 6.04 Å². The molecule has 2 N–H and O–H groups in total. The van der Waals surface area contributed by atoms with Gasteiger partial charge in [-0.25, -0.2) is 0 Å². The average Bonchev–Trinajstić information content (AvgIpc) is 2.36. The molecule has 2 atom stereocenters. The second-order valence-corrected chi connectivity index (χ2v) is 5.45. The SMILES string of the molecule is CCC(C)NC(=O)C(C)NCC1CCCCC1. The fraction of sp³-hybridized carbons (Fsp3) is 0.929. The van der Waals surface area contributed by atoms with Gasteiger partial charge in [-0.05, 0) is 45.6 Å². The van der Waals surface area contributed by atoms with Crippen LogP contribution in [0.25, 0.3) is 0 Å². The first-order chi connectivity index (χ1) is 8.13. The normalized spacial score (nSPS) is 20.9. The van der Waals surface area contributed by atoms with Gasteiger partial charge in [0.2, 0.25) is 5.91 Å². The molecule has 3 heteroatoms. The molecule has 1 saturated carbocycles. The van der Waals surface area contributed by atoms with E-state index < -0.39 is 0 Å². The molecule has 1 aliphatic rings. The zero-order valence-electron chi connectivity index (χ0n) is 11.6. The summed E-state index contributed by atoms with van der Waals surface area (Å²) in [5.74, 6) is 0.915. The number of nitrogens with one attached hydrogen (secondary N) is 2. The highest BCUT2D eigenvalue weighted by atomic mass is 16.2. The molecular formula is C14H28N2O. The van der Waals surface area contributed by atoms with Crippen LogP contribution in [0.4, 0.5) is 0 Å². The van der Waals surface area contributed by atoms with Gasteiger partial charge < -0.3 is 10.6 Å². The Hall–Kier alpha value is -0.570. The van der Waals surface area contributed by atoms with Crippen molar-refractivity contribution in [1.29, 1.82) is 0 Å². The van der Waals surface area contributed by atoms with E-state index in [2.05, 4.69) is 17.6 Å². The van der Waals surface area contributed by atoms with Crippen LogP contribution >= 0.6 is 0 Å². The summed E-state index contributed by atoms with van der Waals surface area (Å²) in [4.78, 5) is 11.8. The van der Waals surface area contributed by atoms with Crippen molar-refractivity contribution in [1.82, 2.24) is 10.6 Å². The summed E-state index contributed by atoms with van der Waals surface area (Å²) >= 11 is 0. The second kappa shape index (κ2) is 7.70. The van der Waals surface area contributed by atoms with Crippen molar-refractivity contribution in [2.75, 3.05) is 6.54 Å². The number of carbonyl (C=O) groups is 1. The molecule has 1 fully saturated rings. The van der Waals surface area contributed by atoms with E-state index in [1.54, 1.807) is 0 Å². The molecule has 1 rings (SSSR count). The third kappa shape index (κ3) is 5.53. The van der Waals surface area contributed by atoms with E-state index >= 15 is 0 Å². The fourth-order valence-corrected chi connectivity index (χ4v) is 2.30. The van der Waals surface area contributed by atoms with E-state index in [0.717, 1.165) is 18.9 Å². The zero-order valence-corrected chi connectivity index (χ0v) is 11.6. The molecule has 0 spiro atoms. The molecule has 0 bridgehead atoms. The van der Waals surface area contributed by atoms with Crippen molar-refractivity contribution in [3.8, 4) is 0 Å². The molecule has 3 nitrogen and oxygen atoms in total. The Labute approximate surface area is 106 Å². The predicted octanol–water partition coefficient (Wildman–Crippen LogP) is 2.46. The van der Waals surface area contributed by atoms with E-state index in [0.29, 0.717) is 0 Å². The van der Waals surface area contributed by atoms with Gasteiger partial charge in [-0.1, -0.05) is 26.2 Å². The lowest BCUT2D eigenvalue weighted by Gasteiger charge is -2.24. The molecule has 0 heterocycles. The van der Waals surface area contributed by atoms with Crippen molar-refractivity contribution < 1.29 is 4.79 Å². The molecule has 0 saturated heterocycles. The minimum absolute atomic E-state index is 0.0640. The van der Waals surface area contributed by atoms with Gasteiger partial charge in [-0.15, -0.1) is 0 Å². The van der Waals surface area contributed by atoms with Crippen LogP contribution in [0.1, 0.15) is 59.3 Å². The maximum absolute atomic E-state index is 11.8. The molecule has 1 amide bonds. The smallest absolute Gasteiger partial charge is 0.237 e. The Morgan fingerprint density at radius 3 is 2.47 bits per heavy atom. The van der Waals surface area contributed by atoms with Gasteiger partial charge in [-0.3, -0.25) is 4.79 Å². The number of hydrogen-bond donors (Lipinski definition) is 2. The molecule has 17 heavy (non-hydrogen) atoms. The molecule has 0 aromatic heterocycles. The summed E-state index contributed by atoms with van der Waals surface area (Å²) in [5, 5.41) is 6.39. The van der Waals surface area contributed by atoms with Gasteiger partial charge in [0.25, 0.3) is 0 Å². The Bertz CT molecular complexity index is 224. The average molecular weight is 240 g/mol. The molecule has 0 radical (unpaired) electrons. The number of hydrogen-bond acceptors (Lipinski definition) is 2. The monoisotopic (exact) mass is 240 g/mol. The van der Waals surface area contributed by atoms with Crippen molar-refractivity contribution in [2.24, 2.45) is 5.92 Å². The first kappa shape index (κ1) is 14.5. The van der Waals surface area contributed by atoms with Crippen molar-refractivity contribution >= 4 is 5.91 Å². The lowest BCUT2D eigenvalue weighted by atomic mass is 9.89. The van der Waals surface area contributed by atoms with Crippen LogP contribution in [0.5, 0.6) is 0 Å². The highest BCUT2D eigenvalue weighted by Crippen LogP contribution is 2.22. The summed E-state index contributed by atoms with van der Waals surface area (Å²) in [6, 6.07) is 0.215. The van der Waals surface area contributed by atoms with Crippen LogP contribution in [-0.4, -0.2) is 24.5 Å². The van der Waals surface area contributed by atoms with Crippen LogP contribution in [0.2, 0.25) is 0 Å². The second-order valence-electron chi connectivity index (χ2n) is 5.45. The van der Waals surface area contributed by atoms with E-state index in [1.807, 2.05) is 13.8 Å². The van der Waals surface area contributed by atoms with Gasteiger partial charge in [0.1, 0.15) is 0 Å². The fourth-order valence-electron chi connectivity index (χ4n) is 2.30. The minimum Gasteiger partial charge on any atom is -0.352 e. The van der Waals surface area contributed by atoms with Crippen LogP contribution in [0.15, 0.2) is 0 Å². The molecule has 0 aromatic carbocycles. The first-order valence-electron chi connectivity index (χ1n) is 7.17. The molecule has 1 aliphatic carbocycles. The number of amides is 1. The van der Waals surface area contributed by atoms with E-state index in [4.69, 9.17) is 0 Å². The molecular weight excluding hydrogens is 212 g/mol. The Kier molecular flexibility index (Phi) is 6.56. The summed E-state index contributed by atoms with van der Waals surface area (Å²) in [6.45, 7) is 7.09. The quantitative estimate of drug-likeness (QED) is 0.749. The van der Waals surface area contributed by atoms with Gasteiger partial charge in [0.05, 0.1) is 6.04 Å². The Morgan fingerprint density at radius 2 is 1.88 bits per heavy atom. The lowest BCUT2D eigenvalue weighted by molar-refractivity contribution is -0.123. The summed E-state index contributed by atoms with van der Waals surface area (Å²) < 4.78 is 0. The number of rotatable bonds is 6. The largest absolute Gasteiger partial charge is 0.352 e. The highest BCUT2D eigenvalue weighted by Gasteiger charge is 2.17. The Balaban J connectivity index is 2.18. The predicted molar refractivity (Wildman–Crippen MR) is 71.9 cm³/mol. The summed E-state index contributed by atoms with van der Waals surface area (Å²) in [5.41, 5.74) is 0. The zero-order chi connectivity index (χ0) is 12.7. The van der Waals surface area contributed by atoms with Crippen molar-refractivity contribution in [2.45, 2.75) is 71.4 Å². The van der Waals surface area contributed by atoms with E-state index in [1.165, 1.54) is 32.1 Å². The minimum atomic E-state index is -0.0640. The van der Waals surface area contributed by atoms with Crippen molar-refractivity contribution in [3.63, 3.8) is 0 Å². The van der Waals surface area contributed by atoms with Gasteiger partial charge in [0.15, 0.2) is 0 Å². The van der Waals surface area contributed by atoms with Gasteiger partial charge in [-0.2, -0.15) is 0 Å². The van der Waals surface area contributed by atoms with E-state index in [9.17, 15) is 4.79 Å². The van der Waals surface area contributed by atoms with Crippen molar-refractivity contribution in [3.05, 3.63) is 0 Å². The summed E-state index contributed by atoms with van der Waals surface area (Å²) in [7, 11) is 0. The molecule has 0 aliphatic heterocycles. The lowest BCUT2D eigenvalue weighted by Crippen LogP contribution is -2.46. The summed E-state index contributed by atoms with van der Waals surface area (Å²) in [6.07, 6.45) is 7.75.